The molecule has 0 bridgehead atoms. The number of piperazine rings is 1. The lowest BCUT2D eigenvalue weighted by Crippen LogP contribution is -2.49. The average Bonchev–Trinajstić information content (AvgIpc) is 3.16. The van der Waals surface area contributed by atoms with Crippen LogP contribution in [0.4, 0.5) is 0 Å². The van der Waals surface area contributed by atoms with Crippen LogP contribution in [0, 0.1) is 0 Å². The molecule has 1 aliphatic heterocycles. The highest BCUT2D eigenvalue weighted by Gasteiger charge is 2.22. The molecule has 24 heavy (non-hydrogen) atoms. The van der Waals surface area contributed by atoms with E-state index in [1.165, 1.54) is 5.56 Å². The predicted octanol–water partition coefficient (Wildman–Crippen LogP) is 2.56. The lowest BCUT2D eigenvalue weighted by Gasteiger charge is -2.35. The van der Waals surface area contributed by atoms with Crippen LogP contribution in [-0.4, -0.2) is 53.5 Å². The smallest absolute Gasteiger partial charge is 0.222 e. The van der Waals surface area contributed by atoms with Gasteiger partial charge in [0.15, 0.2) is 0 Å². The van der Waals surface area contributed by atoms with Crippen molar-refractivity contribution in [3.8, 4) is 0 Å². The number of thiophene rings is 1. The second-order valence-corrected chi connectivity index (χ2v) is 7.18. The number of carbonyl (C=O) groups excluding carboxylic acids is 1. The van der Waals surface area contributed by atoms with E-state index in [0.717, 1.165) is 37.5 Å². The van der Waals surface area contributed by atoms with Gasteiger partial charge in [0.05, 0.1) is 0 Å². The molecule has 0 aliphatic carbocycles. The minimum atomic E-state index is -0.426. The van der Waals surface area contributed by atoms with Gasteiger partial charge in [-0.2, -0.15) is 0 Å². The molecule has 2 aromatic rings. The molecule has 0 unspecified atom stereocenters. The molecule has 1 N–H and O–H groups in total. The van der Waals surface area contributed by atoms with Crippen LogP contribution in [0.2, 0.25) is 0 Å². The summed E-state index contributed by atoms with van der Waals surface area (Å²) in [5.74, 6) is 0.234. The first-order valence-corrected chi connectivity index (χ1v) is 9.36. The summed E-state index contributed by atoms with van der Waals surface area (Å²) < 4.78 is 0. The molecule has 1 atom stereocenters. The number of benzene rings is 1. The molecule has 1 aromatic heterocycles. The summed E-state index contributed by atoms with van der Waals surface area (Å²) in [7, 11) is 0. The van der Waals surface area contributed by atoms with Crippen molar-refractivity contribution in [1.29, 1.82) is 0 Å². The molecule has 1 aliphatic rings. The van der Waals surface area contributed by atoms with Gasteiger partial charge in [-0.1, -0.05) is 36.4 Å². The third-order valence-corrected chi connectivity index (χ3v) is 5.47. The molecule has 1 aromatic carbocycles. The Labute approximate surface area is 147 Å². The van der Waals surface area contributed by atoms with Gasteiger partial charge in [-0.15, -0.1) is 11.3 Å². The highest BCUT2D eigenvalue weighted by atomic mass is 32.1. The van der Waals surface area contributed by atoms with Gasteiger partial charge in [-0.3, -0.25) is 9.69 Å². The van der Waals surface area contributed by atoms with E-state index in [4.69, 9.17) is 0 Å². The first-order chi connectivity index (χ1) is 11.7. The number of rotatable bonds is 6. The largest absolute Gasteiger partial charge is 0.386 e. The van der Waals surface area contributed by atoms with Crippen molar-refractivity contribution in [3.05, 3.63) is 58.3 Å². The second-order valence-electron chi connectivity index (χ2n) is 6.20. The van der Waals surface area contributed by atoms with Crippen LogP contribution in [0.25, 0.3) is 0 Å². The van der Waals surface area contributed by atoms with Crippen LogP contribution in [0.5, 0.6) is 0 Å². The Bertz CT molecular complexity index is 622. The summed E-state index contributed by atoms with van der Waals surface area (Å²) in [6, 6.07) is 14.1. The Morgan fingerprint density at radius 2 is 1.83 bits per heavy atom. The zero-order valence-corrected chi connectivity index (χ0v) is 14.6. The van der Waals surface area contributed by atoms with Crippen LogP contribution in [0.1, 0.15) is 23.0 Å². The molecule has 0 spiro atoms. The Morgan fingerprint density at radius 1 is 1.08 bits per heavy atom. The summed E-state index contributed by atoms with van der Waals surface area (Å²) >= 11 is 1.59. The number of amides is 1. The standard InChI is InChI=1S/C19H24N2O2S/c22-17(18-7-4-14-24-18)15-20-10-12-21(13-11-20)19(23)9-8-16-5-2-1-3-6-16/h1-7,14,17,22H,8-13,15H2/t17-/m1/s1. The number of nitrogens with zero attached hydrogens (tertiary/aromatic N) is 2. The Kier molecular flexibility index (Phi) is 6.01. The number of hydrogen-bond acceptors (Lipinski definition) is 4. The second kappa shape index (κ2) is 8.42. The van der Waals surface area contributed by atoms with Gasteiger partial charge >= 0.3 is 0 Å². The fourth-order valence-electron chi connectivity index (χ4n) is 3.05. The quantitative estimate of drug-likeness (QED) is 0.876. The SMILES string of the molecule is O=C(CCc1ccccc1)N1CCN(C[C@@H](O)c2cccs2)CC1. The van der Waals surface area contributed by atoms with Crippen LogP contribution >= 0.6 is 11.3 Å². The van der Waals surface area contributed by atoms with Crippen LogP contribution in [0.3, 0.4) is 0 Å². The van der Waals surface area contributed by atoms with Gasteiger partial charge in [0.1, 0.15) is 6.10 Å². The molecule has 0 saturated carbocycles. The third kappa shape index (κ3) is 4.66. The molecule has 2 heterocycles. The molecule has 0 radical (unpaired) electrons. The molecule has 1 fully saturated rings. The van der Waals surface area contributed by atoms with E-state index in [1.54, 1.807) is 11.3 Å². The highest BCUT2D eigenvalue weighted by molar-refractivity contribution is 7.10. The van der Waals surface area contributed by atoms with E-state index in [-0.39, 0.29) is 5.91 Å². The topological polar surface area (TPSA) is 43.8 Å². The van der Waals surface area contributed by atoms with E-state index in [0.29, 0.717) is 13.0 Å². The highest BCUT2D eigenvalue weighted by Crippen LogP contribution is 2.20. The van der Waals surface area contributed by atoms with Crippen molar-refractivity contribution in [3.63, 3.8) is 0 Å². The van der Waals surface area contributed by atoms with Crippen LogP contribution in [0.15, 0.2) is 47.8 Å². The molecule has 1 saturated heterocycles. The lowest BCUT2D eigenvalue weighted by atomic mass is 10.1. The van der Waals surface area contributed by atoms with Gasteiger partial charge in [-0.05, 0) is 23.4 Å². The molecule has 3 rings (SSSR count). The zero-order chi connectivity index (χ0) is 16.8. The molecule has 5 heteroatoms. The van der Waals surface area contributed by atoms with Gasteiger partial charge in [0.2, 0.25) is 5.91 Å². The van der Waals surface area contributed by atoms with Gasteiger partial charge in [-0.25, -0.2) is 0 Å². The summed E-state index contributed by atoms with van der Waals surface area (Å²) in [5.41, 5.74) is 1.21. The maximum Gasteiger partial charge on any atom is 0.222 e. The number of hydrogen-bond donors (Lipinski definition) is 1. The minimum absolute atomic E-state index is 0.234. The Balaban J connectivity index is 1.40. The molecular weight excluding hydrogens is 320 g/mol. The summed E-state index contributed by atoms with van der Waals surface area (Å²) in [6.07, 6.45) is 0.948. The van der Waals surface area contributed by atoms with E-state index >= 15 is 0 Å². The summed E-state index contributed by atoms with van der Waals surface area (Å²) in [4.78, 5) is 17.6. The third-order valence-electron chi connectivity index (χ3n) is 4.50. The van der Waals surface area contributed by atoms with E-state index < -0.39 is 6.10 Å². The maximum atomic E-state index is 12.3. The summed E-state index contributed by atoms with van der Waals surface area (Å²) in [5, 5.41) is 12.2. The molecule has 1 amide bonds. The Hall–Kier alpha value is -1.69. The zero-order valence-electron chi connectivity index (χ0n) is 13.8. The number of carbonyl (C=O) groups is 1. The molecule has 4 nitrogen and oxygen atoms in total. The summed E-state index contributed by atoms with van der Waals surface area (Å²) in [6.45, 7) is 3.82. The number of aliphatic hydroxyl groups excluding tert-OH is 1. The van der Waals surface area contributed by atoms with Gasteiger partial charge in [0.25, 0.3) is 0 Å². The fraction of sp³-hybridized carbons (Fsp3) is 0.421. The van der Waals surface area contributed by atoms with E-state index in [2.05, 4.69) is 17.0 Å². The average molecular weight is 344 g/mol. The minimum Gasteiger partial charge on any atom is -0.386 e. The number of aliphatic hydroxyl groups is 1. The van der Waals surface area contributed by atoms with E-state index in [1.807, 2.05) is 40.6 Å². The van der Waals surface area contributed by atoms with Crippen LogP contribution in [-0.2, 0) is 11.2 Å². The molecule has 128 valence electrons. The maximum absolute atomic E-state index is 12.3. The van der Waals surface area contributed by atoms with Gasteiger partial charge < -0.3 is 10.0 Å². The predicted molar refractivity (Wildman–Crippen MR) is 97.1 cm³/mol. The van der Waals surface area contributed by atoms with Crippen molar-refractivity contribution >= 4 is 17.2 Å². The van der Waals surface area contributed by atoms with Crippen molar-refractivity contribution in [1.82, 2.24) is 9.80 Å². The first kappa shape index (κ1) is 17.1. The van der Waals surface area contributed by atoms with E-state index in [9.17, 15) is 9.90 Å². The Morgan fingerprint density at radius 3 is 2.50 bits per heavy atom. The van der Waals surface area contributed by atoms with Crippen molar-refractivity contribution < 1.29 is 9.90 Å². The number of β-amino-alcohol motifs (C(OH)–C–C–N with tert-alkyl or cyclic N) is 1. The van der Waals surface area contributed by atoms with Crippen molar-refractivity contribution in [2.24, 2.45) is 0 Å². The van der Waals surface area contributed by atoms with Crippen molar-refractivity contribution in [2.45, 2.75) is 18.9 Å². The molecular formula is C19H24N2O2S. The van der Waals surface area contributed by atoms with Crippen LogP contribution < -0.4 is 0 Å². The lowest BCUT2D eigenvalue weighted by molar-refractivity contribution is -0.133. The number of aryl methyl sites for hydroxylation is 1. The monoisotopic (exact) mass is 344 g/mol. The fourth-order valence-corrected chi connectivity index (χ4v) is 3.75. The first-order valence-electron chi connectivity index (χ1n) is 8.48. The van der Waals surface area contributed by atoms with Gasteiger partial charge in [0, 0.05) is 44.0 Å². The van der Waals surface area contributed by atoms with Crippen molar-refractivity contribution in [2.75, 3.05) is 32.7 Å². The normalized spacial score (nSPS) is 17.0.